The highest BCUT2D eigenvalue weighted by Gasteiger charge is 1.98. The van der Waals surface area contributed by atoms with Crippen molar-refractivity contribution in [1.82, 2.24) is 15.4 Å². The monoisotopic (exact) mass is 325 g/mol. The van der Waals surface area contributed by atoms with E-state index in [1.54, 1.807) is 60.7 Å². The Labute approximate surface area is 142 Å². The first-order valence-corrected chi connectivity index (χ1v) is 7.30. The average molecular weight is 325 g/mol. The van der Waals surface area contributed by atoms with Crippen LogP contribution in [0.1, 0.15) is 20.7 Å². The van der Waals surface area contributed by atoms with Crippen molar-refractivity contribution in [2.45, 2.75) is 0 Å². The minimum Gasteiger partial charge on any atom is -0.478 e. The summed E-state index contributed by atoms with van der Waals surface area (Å²) in [6, 6.07) is 16.6. The smallest absolute Gasteiger partial charge is 0.335 e. The third-order valence-electron chi connectivity index (χ3n) is 2.79. The Morgan fingerprint density at radius 3 is 1.08 bits per heavy atom. The number of hydrogen-bond acceptors (Lipinski definition) is 5. The highest BCUT2D eigenvalue weighted by molar-refractivity contribution is 6.65. The van der Waals surface area contributed by atoms with Gasteiger partial charge in [0.2, 0.25) is 0 Å². The third kappa shape index (κ3) is 8.79. The van der Waals surface area contributed by atoms with Crippen molar-refractivity contribution in [3.8, 4) is 0 Å². The fraction of sp³-hybridized carbons (Fsp3) is 0. The Balaban J connectivity index is 0.000000184. The van der Waals surface area contributed by atoms with Crippen molar-refractivity contribution in [3.05, 3.63) is 71.8 Å². The van der Waals surface area contributed by atoms with Gasteiger partial charge in [-0.15, -0.1) is 0 Å². The molecule has 10 heteroatoms. The van der Waals surface area contributed by atoms with Crippen LogP contribution < -0.4 is 15.4 Å². The molecule has 0 radical (unpaired) electrons. The summed E-state index contributed by atoms with van der Waals surface area (Å²) >= 11 is 0. The molecule has 1 fully saturated rings. The standard InChI is InChI=1S/2C7H6O2.B3H6N3/c2*8-7(9)6-4-2-1-3-5-6;1-4-2-6-3-5-1/h2*1-5H,(H,8,9);1-6H. The maximum atomic E-state index is 10.2. The average Bonchev–Trinajstić information content (AvgIpc) is 2.65. The van der Waals surface area contributed by atoms with Gasteiger partial charge in [0.05, 0.1) is 11.1 Å². The van der Waals surface area contributed by atoms with Gasteiger partial charge in [-0.25, -0.2) is 9.59 Å². The topological polar surface area (TPSA) is 111 Å². The zero-order valence-corrected chi connectivity index (χ0v) is 13.1. The highest BCUT2D eigenvalue weighted by atomic mass is 16.4. The molecule has 1 saturated heterocycles. The molecule has 0 spiro atoms. The number of carbonyl (C=O) groups is 2. The van der Waals surface area contributed by atoms with Crippen LogP contribution in [-0.4, -0.2) is 44.8 Å². The molecule has 0 aromatic heterocycles. The molecule has 0 atom stereocenters. The first kappa shape index (κ1) is 19.5. The van der Waals surface area contributed by atoms with Crippen molar-refractivity contribution in [3.63, 3.8) is 0 Å². The predicted octanol–water partition coefficient (Wildman–Crippen LogP) is -0.662. The molecule has 2 aromatic rings. The van der Waals surface area contributed by atoms with E-state index in [4.69, 9.17) is 10.2 Å². The van der Waals surface area contributed by atoms with E-state index < -0.39 is 11.9 Å². The molecule has 0 aliphatic carbocycles. The van der Waals surface area contributed by atoms with E-state index in [9.17, 15) is 9.59 Å². The maximum Gasteiger partial charge on any atom is 0.335 e. The molecular weight excluding hydrogens is 307 g/mol. The fourth-order valence-electron chi connectivity index (χ4n) is 1.61. The van der Waals surface area contributed by atoms with Gasteiger partial charge in [-0.05, 0) is 24.3 Å². The summed E-state index contributed by atoms with van der Waals surface area (Å²) in [6.07, 6.45) is 0. The first-order valence-electron chi connectivity index (χ1n) is 7.30. The molecule has 0 amide bonds. The van der Waals surface area contributed by atoms with E-state index in [0.29, 0.717) is 11.1 Å². The van der Waals surface area contributed by atoms with Gasteiger partial charge >= 0.3 is 11.9 Å². The van der Waals surface area contributed by atoms with Crippen LogP contribution in [0, 0.1) is 0 Å². The summed E-state index contributed by atoms with van der Waals surface area (Å²) in [5.74, 6) is -1.76. The lowest BCUT2D eigenvalue weighted by Crippen LogP contribution is -2.55. The van der Waals surface area contributed by atoms with Gasteiger partial charge in [0.25, 0.3) is 22.6 Å². The lowest BCUT2D eigenvalue weighted by atomic mass is 9.85. The van der Waals surface area contributed by atoms with Gasteiger partial charge in [-0.2, -0.15) is 0 Å². The van der Waals surface area contributed by atoms with Crippen LogP contribution >= 0.6 is 0 Å². The zero-order chi connectivity index (χ0) is 17.6. The fourth-order valence-corrected chi connectivity index (χ4v) is 1.61. The van der Waals surface area contributed by atoms with Gasteiger partial charge < -0.3 is 25.6 Å². The molecule has 2 aromatic carbocycles. The quantitative estimate of drug-likeness (QED) is 0.466. The first-order chi connectivity index (χ1) is 11.6. The lowest BCUT2D eigenvalue weighted by Gasteiger charge is -2.08. The second kappa shape index (κ2) is 11.9. The summed E-state index contributed by atoms with van der Waals surface area (Å²) in [4.78, 5) is 20.4. The highest BCUT2D eigenvalue weighted by Crippen LogP contribution is 1.96. The van der Waals surface area contributed by atoms with Gasteiger partial charge in [-0.1, -0.05) is 36.4 Å². The number of carboxylic acids is 2. The van der Waals surface area contributed by atoms with Crippen LogP contribution in [-0.2, 0) is 0 Å². The molecule has 0 saturated carbocycles. The van der Waals surface area contributed by atoms with Crippen molar-refractivity contribution in [2.75, 3.05) is 0 Å². The number of aromatic carboxylic acids is 2. The molecule has 7 nitrogen and oxygen atoms in total. The third-order valence-corrected chi connectivity index (χ3v) is 2.79. The van der Waals surface area contributed by atoms with Gasteiger partial charge in [0.15, 0.2) is 0 Å². The van der Waals surface area contributed by atoms with Crippen LogP contribution in [0.4, 0.5) is 0 Å². The Hall–Kier alpha value is -2.55. The largest absolute Gasteiger partial charge is 0.478 e. The van der Waals surface area contributed by atoms with Gasteiger partial charge in [0.1, 0.15) is 0 Å². The molecule has 1 aliphatic heterocycles. The minimum atomic E-state index is -0.879. The second-order valence-electron chi connectivity index (χ2n) is 4.62. The number of nitrogens with one attached hydrogen (secondary N) is 3. The minimum absolute atomic E-state index is 0.331. The van der Waals surface area contributed by atoms with E-state index in [0.717, 1.165) is 22.6 Å². The number of rotatable bonds is 2. The molecule has 5 N–H and O–H groups in total. The normalized spacial score (nSPS) is 11.7. The van der Waals surface area contributed by atoms with E-state index in [1.807, 2.05) is 0 Å². The van der Waals surface area contributed by atoms with E-state index in [-0.39, 0.29) is 0 Å². The summed E-state index contributed by atoms with van der Waals surface area (Å²) in [7, 11) is 2.81. The Bertz CT molecular complexity index is 552. The van der Waals surface area contributed by atoms with E-state index in [1.165, 1.54) is 0 Å². The molecule has 0 bridgehead atoms. The molecular formula is C14H18B3N3O4. The van der Waals surface area contributed by atoms with Gasteiger partial charge in [0, 0.05) is 0 Å². The molecule has 3 rings (SSSR count). The Morgan fingerprint density at radius 2 is 0.917 bits per heavy atom. The summed E-state index contributed by atoms with van der Waals surface area (Å²) in [5, 5.41) is 26.0. The Morgan fingerprint density at radius 1 is 0.625 bits per heavy atom. The van der Waals surface area contributed by atoms with E-state index in [2.05, 4.69) is 15.4 Å². The van der Waals surface area contributed by atoms with Crippen LogP contribution in [0.15, 0.2) is 60.7 Å². The van der Waals surface area contributed by atoms with Crippen LogP contribution in [0.3, 0.4) is 0 Å². The van der Waals surface area contributed by atoms with Crippen molar-refractivity contribution in [1.29, 1.82) is 0 Å². The Kier molecular flexibility index (Phi) is 9.71. The summed E-state index contributed by atoms with van der Waals surface area (Å²) in [6.45, 7) is 0. The predicted molar refractivity (Wildman–Crippen MR) is 97.7 cm³/mol. The maximum absolute atomic E-state index is 10.2. The molecule has 24 heavy (non-hydrogen) atoms. The number of carboxylic acid groups (broad SMARTS) is 2. The van der Waals surface area contributed by atoms with E-state index >= 15 is 0 Å². The van der Waals surface area contributed by atoms with Crippen molar-refractivity contribution < 1.29 is 19.8 Å². The summed E-state index contributed by atoms with van der Waals surface area (Å²) in [5.41, 5.74) is 0.662. The molecule has 1 heterocycles. The SMILES string of the molecule is B1NBNBN1.O=C(O)c1ccccc1.O=C(O)c1ccccc1. The zero-order valence-electron chi connectivity index (χ0n) is 13.1. The van der Waals surface area contributed by atoms with Crippen LogP contribution in [0.25, 0.3) is 0 Å². The van der Waals surface area contributed by atoms with Gasteiger partial charge in [-0.3, -0.25) is 0 Å². The molecule has 0 unspecified atom stereocenters. The van der Waals surface area contributed by atoms with Crippen molar-refractivity contribution >= 4 is 34.6 Å². The van der Waals surface area contributed by atoms with Crippen LogP contribution in [0.5, 0.6) is 0 Å². The molecule has 122 valence electrons. The van der Waals surface area contributed by atoms with Crippen LogP contribution in [0.2, 0.25) is 0 Å². The number of benzene rings is 2. The number of hydrogen-bond donors (Lipinski definition) is 5. The molecule has 1 aliphatic rings. The second-order valence-corrected chi connectivity index (χ2v) is 4.62. The lowest BCUT2D eigenvalue weighted by molar-refractivity contribution is 0.0686. The summed E-state index contributed by atoms with van der Waals surface area (Å²) < 4.78 is 0. The van der Waals surface area contributed by atoms with Crippen molar-refractivity contribution in [2.24, 2.45) is 0 Å².